The molecule has 98 valence electrons. The van der Waals surface area contributed by atoms with Crippen molar-refractivity contribution in [3.05, 3.63) is 0 Å². The summed E-state index contributed by atoms with van der Waals surface area (Å²) in [6.45, 7) is 4.03. The van der Waals surface area contributed by atoms with E-state index in [1.54, 1.807) is 18.7 Å². The van der Waals surface area contributed by atoms with Gasteiger partial charge in [-0.05, 0) is 13.3 Å². The average molecular weight is 261 g/mol. The van der Waals surface area contributed by atoms with Gasteiger partial charge in [0.15, 0.2) is 0 Å². The van der Waals surface area contributed by atoms with E-state index in [-0.39, 0.29) is 5.91 Å². The Morgan fingerprint density at radius 1 is 1.59 bits per heavy atom. The SMILES string of the molecule is CCC(C)(OC)C(=O)N1CCSCC1C(=O)O. The summed E-state index contributed by atoms with van der Waals surface area (Å²) < 4.78 is 5.24. The Bertz CT molecular complexity index is 304. The molecule has 1 saturated heterocycles. The average Bonchev–Trinajstić information content (AvgIpc) is 2.36. The van der Waals surface area contributed by atoms with Crippen molar-refractivity contribution < 1.29 is 19.4 Å². The number of aliphatic carboxylic acids is 1. The summed E-state index contributed by atoms with van der Waals surface area (Å²) in [4.78, 5) is 24.9. The van der Waals surface area contributed by atoms with Crippen LogP contribution in [0.5, 0.6) is 0 Å². The van der Waals surface area contributed by atoms with E-state index < -0.39 is 17.6 Å². The largest absolute Gasteiger partial charge is 0.480 e. The number of carboxylic acid groups (broad SMARTS) is 1. The second kappa shape index (κ2) is 5.73. The quantitative estimate of drug-likeness (QED) is 0.812. The topological polar surface area (TPSA) is 66.8 Å². The van der Waals surface area contributed by atoms with Crippen LogP contribution in [0.4, 0.5) is 0 Å². The maximum atomic E-state index is 12.3. The predicted octanol–water partition coefficient (Wildman–Crippen LogP) is 0.830. The van der Waals surface area contributed by atoms with Crippen LogP contribution in [-0.4, -0.2) is 58.7 Å². The van der Waals surface area contributed by atoms with Gasteiger partial charge >= 0.3 is 5.97 Å². The zero-order valence-electron chi connectivity index (χ0n) is 10.4. The smallest absolute Gasteiger partial charge is 0.327 e. The van der Waals surface area contributed by atoms with Crippen molar-refractivity contribution >= 4 is 23.6 Å². The highest BCUT2D eigenvalue weighted by Crippen LogP contribution is 2.24. The summed E-state index contributed by atoms with van der Waals surface area (Å²) in [5.74, 6) is 0.0548. The normalized spacial score (nSPS) is 24.2. The summed E-state index contributed by atoms with van der Waals surface area (Å²) in [6, 6.07) is -0.734. The zero-order chi connectivity index (χ0) is 13.1. The third-order valence-corrected chi connectivity index (χ3v) is 4.27. The van der Waals surface area contributed by atoms with Crippen LogP contribution in [0, 0.1) is 0 Å². The van der Waals surface area contributed by atoms with Gasteiger partial charge in [-0.2, -0.15) is 11.8 Å². The molecule has 0 aromatic rings. The maximum absolute atomic E-state index is 12.3. The molecule has 1 amide bonds. The summed E-state index contributed by atoms with van der Waals surface area (Å²) in [6.07, 6.45) is 0.526. The number of thioether (sulfide) groups is 1. The van der Waals surface area contributed by atoms with Crippen molar-refractivity contribution in [2.75, 3.05) is 25.2 Å². The molecule has 1 rings (SSSR count). The fourth-order valence-electron chi connectivity index (χ4n) is 1.74. The van der Waals surface area contributed by atoms with E-state index in [9.17, 15) is 9.59 Å². The van der Waals surface area contributed by atoms with Crippen molar-refractivity contribution in [2.24, 2.45) is 0 Å². The molecule has 5 nitrogen and oxygen atoms in total. The van der Waals surface area contributed by atoms with Gasteiger partial charge in [0.05, 0.1) is 0 Å². The van der Waals surface area contributed by atoms with Crippen LogP contribution < -0.4 is 0 Å². The molecule has 6 heteroatoms. The fourth-order valence-corrected chi connectivity index (χ4v) is 2.78. The number of rotatable bonds is 4. The van der Waals surface area contributed by atoms with Gasteiger partial charge < -0.3 is 14.7 Å². The molecule has 0 aromatic carbocycles. The lowest BCUT2D eigenvalue weighted by molar-refractivity contribution is -0.161. The van der Waals surface area contributed by atoms with Gasteiger partial charge in [0.2, 0.25) is 0 Å². The van der Waals surface area contributed by atoms with Crippen LogP contribution in [0.1, 0.15) is 20.3 Å². The highest BCUT2D eigenvalue weighted by molar-refractivity contribution is 7.99. The first-order chi connectivity index (χ1) is 7.96. The van der Waals surface area contributed by atoms with Crippen LogP contribution in [0.3, 0.4) is 0 Å². The minimum absolute atomic E-state index is 0.227. The first kappa shape index (κ1) is 14.3. The number of ether oxygens (including phenoxy) is 1. The lowest BCUT2D eigenvalue weighted by Gasteiger charge is -2.38. The van der Waals surface area contributed by atoms with Crippen LogP contribution in [-0.2, 0) is 14.3 Å². The number of carbonyl (C=O) groups excluding carboxylic acids is 1. The number of hydrogen-bond donors (Lipinski definition) is 1. The van der Waals surface area contributed by atoms with Crippen LogP contribution in [0.2, 0.25) is 0 Å². The molecule has 1 N–H and O–H groups in total. The van der Waals surface area contributed by atoms with Gasteiger partial charge in [-0.1, -0.05) is 6.92 Å². The minimum Gasteiger partial charge on any atom is -0.480 e. The molecule has 17 heavy (non-hydrogen) atoms. The molecule has 1 aliphatic heterocycles. The van der Waals surface area contributed by atoms with Crippen molar-refractivity contribution in [3.8, 4) is 0 Å². The molecular weight excluding hydrogens is 242 g/mol. The molecule has 1 fully saturated rings. The Morgan fingerprint density at radius 2 is 2.24 bits per heavy atom. The third kappa shape index (κ3) is 2.93. The standard InChI is InChI=1S/C11H19NO4S/c1-4-11(2,16-3)10(15)12-5-6-17-7-8(12)9(13)14/h8H,4-7H2,1-3H3,(H,13,14). The first-order valence-electron chi connectivity index (χ1n) is 5.63. The van der Waals surface area contributed by atoms with Crippen molar-refractivity contribution in [1.82, 2.24) is 4.90 Å². The van der Waals surface area contributed by atoms with Crippen LogP contribution in [0.15, 0.2) is 0 Å². The Hall–Kier alpha value is -0.750. The van der Waals surface area contributed by atoms with Gasteiger partial charge in [-0.25, -0.2) is 4.79 Å². The molecule has 0 bridgehead atoms. The van der Waals surface area contributed by atoms with Gasteiger partial charge in [-0.3, -0.25) is 4.79 Å². The van der Waals surface area contributed by atoms with Crippen molar-refractivity contribution in [3.63, 3.8) is 0 Å². The molecule has 2 unspecified atom stereocenters. The Kier molecular flexibility index (Phi) is 4.82. The monoisotopic (exact) mass is 261 g/mol. The van der Waals surface area contributed by atoms with Crippen LogP contribution >= 0.6 is 11.8 Å². The zero-order valence-corrected chi connectivity index (χ0v) is 11.2. The summed E-state index contributed by atoms with van der Waals surface area (Å²) in [5, 5.41) is 9.12. The molecule has 0 spiro atoms. The number of hydrogen-bond acceptors (Lipinski definition) is 4. The highest BCUT2D eigenvalue weighted by Gasteiger charge is 2.41. The van der Waals surface area contributed by atoms with Gasteiger partial charge in [0, 0.05) is 25.2 Å². The molecule has 0 saturated carbocycles. The lowest BCUT2D eigenvalue weighted by atomic mass is 10.0. The molecule has 0 aliphatic carbocycles. The number of methoxy groups -OCH3 is 1. The van der Waals surface area contributed by atoms with E-state index in [4.69, 9.17) is 9.84 Å². The first-order valence-corrected chi connectivity index (χ1v) is 6.78. The van der Waals surface area contributed by atoms with Crippen molar-refractivity contribution in [1.29, 1.82) is 0 Å². The van der Waals surface area contributed by atoms with Crippen LogP contribution in [0.25, 0.3) is 0 Å². The minimum atomic E-state index is -0.944. The maximum Gasteiger partial charge on any atom is 0.327 e. The van der Waals surface area contributed by atoms with E-state index in [0.717, 1.165) is 5.75 Å². The Labute approximate surface area is 105 Å². The summed E-state index contributed by atoms with van der Waals surface area (Å²) in [5.41, 5.74) is -0.921. The summed E-state index contributed by atoms with van der Waals surface area (Å²) >= 11 is 1.56. The third-order valence-electron chi connectivity index (χ3n) is 3.25. The van der Waals surface area contributed by atoms with E-state index in [2.05, 4.69) is 0 Å². The van der Waals surface area contributed by atoms with E-state index >= 15 is 0 Å². The fraction of sp³-hybridized carbons (Fsp3) is 0.818. The van der Waals surface area contributed by atoms with Gasteiger partial charge in [-0.15, -0.1) is 0 Å². The number of carbonyl (C=O) groups is 2. The highest BCUT2D eigenvalue weighted by atomic mass is 32.2. The van der Waals surface area contributed by atoms with E-state index in [1.807, 2.05) is 6.92 Å². The Balaban J connectivity index is 2.88. The predicted molar refractivity (Wildman–Crippen MR) is 66.2 cm³/mol. The number of nitrogens with zero attached hydrogens (tertiary/aromatic N) is 1. The lowest BCUT2D eigenvalue weighted by Crippen LogP contribution is -2.57. The molecule has 2 atom stereocenters. The van der Waals surface area contributed by atoms with Crippen molar-refractivity contribution in [2.45, 2.75) is 31.9 Å². The molecule has 0 aromatic heterocycles. The Morgan fingerprint density at radius 3 is 2.71 bits per heavy atom. The molecular formula is C11H19NO4S. The molecule has 1 aliphatic rings. The molecule has 0 radical (unpaired) electrons. The summed E-state index contributed by atoms with van der Waals surface area (Å²) in [7, 11) is 1.48. The van der Waals surface area contributed by atoms with Gasteiger partial charge in [0.1, 0.15) is 11.6 Å². The second-order valence-electron chi connectivity index (χ2n) is 4.22. The number of amides is 1. The second-order valence-corrected chi connectivity index (χ2v) is 5.37. The van der Waals surface area contributed by atoms with Gasteiger partial charge in [0.25, 0.3) is 5.91 Å². The van der Waals surface area contributed by atoms with E-state index in [0.29, 0.717) is 18.7 Å². The molecule has 1 heterocycles. The van der Waals surface area contributed by atoms with E-state index in [1.165, 1.54) is 12.0 Å². The number of carboxylic acids is 1.